The second-order valence-corrected chi connectivity index (χ2v) is 9.82. The van der Waals surface area contributed by atoms with Crippen molar-refractivity contribution >= 4 is 34.2 Å². The van der Waals surface area contributed by atoms with Crippen molar-refractivity contribution in [2.24, 2.45) is 23.7 Å². The summed E-state index contributed by atoms with van der Waals surface area (Å²) < 4.78 is 18.8. The van der Waals surface area contributed by atoms with Crippen molar-refractivity contribution in [1.82, 2.24) is 0 Å². The number of nitrogens with one attached hydrogen (secondary N) is 1. The van der Waals surface area contributed by atoms with Crippen LogP contribution in [-0.4, -0.2) is 29.6 Å². The molecule has 0 radical (unpaired) electrons. The van der Waals surface area contributed by atoms with E-state index in [0.717, 1.165) is 24.1 Å². The fourth-order valence-electron chi connectivity index (χ4n) is 5.28. The number of halogens is 1. The van der Waals surface area contributed by atoms with E-state index in [0.29, 0.717) is 22.5 Å². The molecule has 4 atom stereocenters. The number of aliphatic carboxylic acids is 1. The second-order valence-electron chi connectivity index (χ2n) is 8.59. The highest BCUT2D eigenvalue weighted by Gasteiger charge is 2.54. The van der Waals surface area contributed by atoms with E-state index < -0.39 is 23.8 Å². The molecule has 0 saturated heterocycles. The third-order valence-corrected chi connectivity index (χ3v) is 7.62. The SMILES string of the molecule is CCCOC(=O)c1c(NC(=O)[C@H]2[C@@H]3CC[C@H](C3)[C@@H]2C(=O)O)sc(C)c1-c1ccc(F)cc1. The van der Waals surface area contributed by atoms with Crippen LogP contribution in [0.4, 0.5) is 9.39 Å². The van der Waals surface area contributed by atoms with Gasteiger partial charge in [0.05, 0.1) is 18.4 Å². The van der Waals surface area contributed by atoms with Crippen LogP contribution < -0.4 is 5.32 Å². The molecule has 2 aromatic rings. The lowest BCUT2D eigenvalue weighted by Crippen LogP contribution is -2.38. The number of rotatable bonds is 7. The molecule has 32 heavy (non-hydrogen) atoms. The van der Waals surface area contributed by atoms with E-state index in [4.69, 9.17) is 4.74 Å². The summed E-state index contributed by atoms with van der Waals surface area (Å²) >= 11 is 1.24. The predicted molar refractivity (Wildman–Crippen MR) is 119 cm³/mol. The summed E-state index contributed by atoms with van der Waals surface area (Å²) in [6.45, 7) is 3.95. The Morgan fingerprint density at radius 2 is 1.81 bits per heavy atom. The van der Waals surface area contributed by atoms with Gasteiger partial charge in [-0.2, -0.15) is 0 Å². The van der Waals surface area contributed by atoms with Crippen molar-refractivity contribution in [3.63, 3.8) is 0 Å². The number of hydrogen-bond donors (Lipinski definition) is 2. The number of ether oxygens (including phenoxy) is 1. The maximum absolute atomic E-state index is 13.5. The molecule has 8 heteroatoms. The number of carboxylic acid groups (broad SMARTS) is 1. The highest BCUT2D eigenvalue weighted by atomic mass is 32.1. The molecule has 0 unspecified atom stereocenters. The van der Waals surface area contributed by atoms with E-state index in [1.165, 1.54) is 23.5 Å². The second kappa shape index (κ2) is 9.02. The number of anilines is 1. The van der Waals surface area contributed by atoms with Gasteiger partial charge in [-0.1, -0.05) is 19.1 Å². The molecular weight excluding hydrogens is 433 g/mol. The summed E-state index contributed by atoms with van der Waals surface area (Å²) in [4.78, 5) is 38.8. The molecule has 1 heterocycles. The molecule has 170 valence electrons. The molecule has 0 aliphatic heterocycles. The number of thiophene rings is 1. The Labute approximate surface area is 189 Å². The third-order valence-electron chi connectivity index (χ3n) is 6.60. The van der Waals surface area contributed by atoms with Gasteiger partial charge in [-0.3, -0.25) is 9.59 Å². The van der Waals surface area contributed by atoms with E-state index in [1.807, 2.05) is 13.8 Å². The van der Waals surface area contributed by atoms with Crippen LogP contribution in [0.1, 0.15) is 47.8 Å². The van der Waals surface area contributed by atoms with Crippen LogP contribution >= 0.6 is 11.3 Å². The van der Waals surface area contributed by atoms with Gasteiger partial charge in [0.2, 0.25) is 5.91 Å². The van der Waals surface area contributed by atoms with Gasteiger partial charge in [-0.15, -0.1) is 11.3 Å². The number of hydrogen-bond acceptors (Lipinski definition) is 5. The number of carboxylic acids is 1. The minimum Gasteiger partial charge on any atom is -0.481 e. The van der Waals surface area contributed by atoms with Crippen LogP contribution in [0.5, 0.6) is 0 Å². The number of amides is 1. The summed E-state index contributed by atoms with van der Waals surface area (Å²) in [5.41, 5.74) is 1.47. The number of aryl methyl sites for hydroxylation is 1. The first kappa shape index (κ1) is 22.5. The molecular formula is C24H26FNO5S. The van der Waals surface area contributed by atoms with Crippen molar-refractivity contribution < 1.29 is 28.6 Å². The molecule has 2 fully saturated rings. The standard InChI is InChI=1S/C24H26FNO5S/c1-3-10-31-24(30)20-17(13-6-8-16(25)9-7-13)12(2)32-22(20)26-21(27)18-14-4-5-15(11-14)19(18)23(28)29/h6-9,14-15,18-19H,3-5,10-11H2,1-2H3,(H,26,27)(H,28,29)/t14-,15-,18+,19+/m1/s1. The van der Waals surface area contributed by atoms with Crippen LogP contribution in [0.25, 0.3) is 11.1 Å². The smallest absolute Gasteiger partial charge is 0.341 e. The van der Waals surface area contributed by atoms with Crippen molar-refractivity contribution in [3.8, 4) is 11.1 Å². The molecule has 2 N–H and O–H groups in total. The van der Waals surface area contributed by atoms with Gasteiger partial charge in [0.25, 0.3) is 0 Å². The van der Waals surface area contributed by atoms with E-state index in [1.54, 1.807) is 12.1 Å². The Morgan fingerprint density at radius 1 is 1.16 bits per heavy atom. The number of carbonyl (C=O) groups excluding carboxylic acids is 2. The fourth-order valence-corrected chi connectivity index (χ4v) is 6.34. The van der Waals surface area contributed by atoms with Crippen molar-refractivity contribution in [3.05, 3.63) is 40.5 Å². The number of fused-ring (bicyclic) bond motifs is 2. The minimum atomic E-state index is -0.936. The van der Waals surface area contributed by atoms with Crippen LogP contribution in [-0.2, 0) is 14.3 Å². The van der Waals surface area contributed by atoms with E-state index in [-0.39, 0.29) is 35.7 Å². The molecule has 2 aliphatic rings. The van der Waals surface area contributed by atoms with E-state index in [9.17, 15) is 23.9 Å². The molecule has 0 spiro atoms. The highest BCUT2D eigenvalue weighted by molar-refractivity contribution is 7.17. The Kier molecular flexibility index (Phi) is 6.33. The molecule has 2 aliphatic carbocycles. The monoisotopic (exact) mass is 459 g/mol. The zero-order valence-corrected chi connectivity index (χ0v) is 18.8. The summed E-state index contributed by atoms with van der Waals surface area (Å²) in [5.74, 6) is -3.47. The van der Waals surface area contributed by atoms with Crippen LogP contribution in [0, 0.1) is 36.4 Å². The van der Waals surface area contributed by atoms with Gasteiger partial charge >= 0.3 is 11.9 Å². The Morgan fingerprint density at radius 3 is 2.44 bits per heavy atom. The lowest BCUT2D eigenvalue weighted by molar-refractivity contribution is -0.148. The summed E-state index contributed by atoms with van der Waals surface area (Å²) in [6.07, 6.45) is 3.09. The number of carbonyl (C=O) groups is 3. The zero-order chi connectivity index (χ0) is 23.0. The minimum absolute atomic E-state index is 0.0297. The van der Waals surface area contributed by atoms with E-state index >= 15 is 0 Å². The Balaban J connectivity index is 1.69. The van der Waals surface area contributed by atoms with Gasteiger partial charge in [-0.25, -0.2) is 9.18 Å². The van der Waals surface area contributed by atoms with Crippen molar-refractivity contribution in [2.75, 3.05) is 11.9 Å². The maximum atomic E-state index is 13.5. The quantitative estimate of drug-likeness (QED) is 0.561. The van der Waals surface area contributed by atoms with E-state index in [2.05, 4.69) is 5.32 Å². The summed E-state index contributed by atoms with van der Waals surface area (Å²) in [7, 11) is 0. The predicted octanol–water partition coefficient (Wildman–Crippen LogP) is 5.11. The van der Waals surface area contributed by atoms with Gasteiger partial charge in [-0.05, 0) is 62.1 Å². The van der Waals surface area contributed by atoms with Crippen LogP contribution in [0.15, 0.2) is 24.3 Å². The van der Waals surface area contributed by atoms with Gasteiger partial charge in [0, 0.05) is 10.4 Å². The largest absolute Gasteiger partial charge is 0.481 e. The van der Waals surface area contributed by atoms with Crippen molar-refractivity contribution in [1.29, 1.82) is 0 Å². The maximum Gasteiger partial charge on any atom is 0.341 e. The average Bonchev–Trinajstić information content (AvgIpc) is 3.45. The Hall–Kier alpha value is -2.74. The molecule has 6 nitrogen and oxygen atoms in total. The van der Waals surface area contributed by atoms with Gasteiger partial charge in [0.1, 0.15) is 16.4 Å². The summed E-state index contributed by atoms with van der Waals surface area (Å²) in [6, 6.07) is 5.81. The number of benzene rings is 1. The fraction of sp³-hybridized carbons (Fsp3) is 0.458. The molecule has 1 aromatic heterocycles. The molecule has 2 saturated carbocycles. The summed E-state index contributed by atoms with van der Waals surface area (Å²) in [5, 5.41) is 12.9. The molecule has 1 amide bonds. The first-order valence-electron chi connectivity index (χ1n) is 10.9. The van der Waals surface area contributed by atoms with Crippen LogP contribution in [0.3, 0.4) is 0 Å². The first-order chi connectivity index (χ1) is 15.3. The Bertz CT molecular complexity index is 1050. The number of esters is 1. The first-order valence-corrected chi connectivity index (χ1v) is 11.7. The van der Waals surface area contributed by atoms with Gasteiger partial charge in [0.15, 0.2) is 0 Å². The molecule has 2 bridgehead atoms. The average molecular weight is 460 g/mol. The lowest BCUT2D eigenvalue weighted by Gasteiger charge is -2.27. The molecule has 1 aromatic carbocycles. The van der Waals surface area contributed by atoms with Crippen LogP contribution in [0.2, 0.25) is 0 Å². The lowest BCUT2D eigenvalue weighted by atomic mass is 9.78. The topological polar surface area (TPSA) is 92.7 Å². The third kappa shape index (κ3) is 4.03. The zero-order valence-electron chi connectivity index (χ0n) is 18.0. The highest BCUT2D eigenvalue weighted by Crippen LogP contribution is 2.53. The van der Waals surface area contributed by atoms with Crippen molar-refractivity contribution in [2.45, 2.75) is 39.5 Å². The normalized spacial score (nSPS) is 23.8. The van der Waals surface area contributed by atoms with Gasteiger partial charge < -0.3 is 15.2 Å². The molecule has 4 rings (SSSR count).